The summed E-state index contributed by atoms with van der Waals surface area (Å²) in [7, 11) is 0. The van der Waals surface area contributed by atoms with Gasteiger partial charge in [0, 0.05) is 12.0 Å². The van der Waals surface area contributed by atoms with E-state index in [-0.39, 0.29) is 6.61 Å². The molecule has 1 unspecified atom stereocenters. The molecule has 5 heteroatoms. The van der Waals surface area contributed by atoms with Gasteiger partial charge in [-0.05, 0) is 18.1 Å². The molecule has 2 rings (SSSR count). The van der Waals surface area contributed by atoms with Crippen LogP contribution in [0.15, 0.2) is 6.07 Å². The summed E-state index contributed by atoms with van der Waals surface area (Å²) >= 11 is 6.21. The molecule has 0 radical (unpaired) electrons. The van der Waals surface area contributed by atoms with Crippen LogP contribution in [0.3, 0.4) is 0 Å². The van der Waals surface area contributed by atoms with Crippen LogP contribution < -0.4 is 15.2 Å². The molecule has 1 aromatic carbocycles. The van der Waals surface area contributed by atoms with Crippen molar-refractivity contribution >= 4 is 11.6 Å². The molecule has 0 fully saturated rings. The van der Waals surface area contributed by atoms with E-state index in [1.165, 1.54) is 0 Å². The first-order chi connectivity index (χ1) is 8.69. The summed E-state index contributed by atoms with van der Waals surface area (Å²) in [5.41, 5.74) is 7.70. The van der Waals surface area contributed by atoms with E-state index in [4.69, 9.17) is 26.8 Å². The molecule has 1 aromatic rings. The van der Waals surface area contributed by atoms with Gasteiger partial charge in [0.05, 0.1) is 30.9 Å². The lowest BCUT2D eigenvalue weighted by Gasteiger charge is -2.20. The molecule has 0 aromatic heterocycles. The molecule has 3 N–H and O–H groups in total. The summed E-state index contributed by atoms with van der Waals surface area (Å²) in [6.07, 6.45) is 1.58. The highest BCUT2D eigenvalue weighted by atomic mass is 35.5. The minimum Gasteiger partial charge on any atom is -0.489 e. The standard InChI is InChI=1S/C13H18ClNO3/c1-2-8-9(11(15)7-16)6-10(14)13-12(8)17-4-3-5-18-13/h6,11,16H,2-5,7,15H2,1H3. The third-order valence-electron chi connectivity index (χ3n) is 3.06. The highest BCUT2D eigenvalue weighted by molar-refractivity contribution is 6.32. The predicted molar refractivity (Wildman–Crippen MR) is 70.5 cm³/mol. The van der Waals surface area contributed by atoms with Gasteiger partial charge in [0.25, 0.3) is 0 Å². The predicted octanol–water partition coefficient (Wildman–Crippen LogP) is 2.06. The Kier molecular flexibility index (Phi) is 4.32. The minimum absolute atomic E-state index is 0.122. The molecule has 0 saturated carbocycles. The fourth-order valence-electron chi connectivity index (χ4n) is 2.15. The number of aliphatic hydroxyl groups excluding tert-OH is 1. The first-order valence-electron chi connectivity index (χ1n) is 6.16. The Bertz CT molecular complexity index is 437. The lowest BCUT2D eigenvalue weighted by atomic mass is 9.98. The van der Waals surface area contributed by atoms with E-state index in [1.54, 1.807) is 6.07 Å². The highest BCUT2D eigenvalue weighted by Crippen LogP contribution is 2.43. The summed E-state index contributed by atoms with van der Waals surface area (Å²) < 4.78 is 11.4. The molecule has 0 bridgehead atoms. The van der Waals surface area contributed by atoms with Crippen LogP contribution >= 0.6 is 11.6 Å². The number of fused-ring (bicyclic) bond motifs is 1. The van der Waals surface area contributed by atoms with Crippen molar-refractivity contribution in [2.45, 2.75) is 25.8 Å². The van der Waals surface area contributed by atoms with Gasteiger partial charge in [-0.2, -0.15) is 0 Å². The van der Waals surface area contributed by atoms with Crippen molar-refractivity contribution in [1.29, 1.82) is 0 Å². The maximum atomic E-state index is 9.22. The number of aliphatic hydroxyl groups is 1. The lowest BCUT2D eigenvalue weighted by molar-refractivity contribution is 0.266. The quantitative estimate of drug-likeness (QED) is 0.883. The molecule has 1 atom stereocenters. The Labute approximate surface area is 112 Å². The van der Waals surface area contributed by atoms with Gasteiger partial charge in [0.1, 0.15) is 0 Å². The van der Waals surface area contributed by atoms with Crippen LogP contribution in [0.1, 0.15) is 30.5 Å². The van der Waals surface area contributed by atoms with E-state index in [0.717, 1.165) is 24.0 Å². The Morgan fingerprint density at radius 2 is 2.06 bits per heavy atom. The molecular weight excluding hydrogens is 254 g/mol. The third kappa shape index (κ3) is 2.41. The number of rotatable bonds is 3. The molecule has 0 saturated heterocycles. The van der Waals surface area contributed by atoms with Crippen LogP contribution in [0.25, 0.3) is 0 Å². The van der Waals surface area contributed by atoms with E-state index in [2.05, 4.69) is 0 Å². The normalized spacial score (nSPS) is 16.2. The smallest absolute Gasteiger partial charge is 0.180 e. The summed E-state index contributed by atoms with van der Waals surface area (Å²) in [5, 5.41) is 9.71. The zero-order valence-corrected chi connectivity index (χ0v) is 11.2. The van der Waals surface area contributed by atoms with Crippen molar-refractivity contribution in [3.05, 3.63) is 22.2 Å². The van der Waals surface area contributed by atoms with Crippen molar-refractivity contribution in [2.75, 3.05) is 19.8 Å². The zero-order chi connectivity index (χ0) is 13.1. The lowest BCUT2D eigenvalue weighted by Crippen LogP contribution is -2.17. The van der Waals surface area contributed by atoms with Crippen LogP contribution in [0, 0.1) is 0 Å². The van der Waals surface area contributed by atoms with Crippen molar-refractivity contribution in [3.63, 3.8) is 0 Å². The molecular formula is C13H18ClNO3. The molecule has 4 nitrogen and oxygen atoms in total. The van der Waals surface area contributed by atoms with E-state index in [1.807, 2.05) is 6.92 Å². The van der Waals surface area contributed by atoms with E-state index in [9.17, 15) is 5.11 Å². The van der Waals surface area contributed by atoms with Gasteiger partial charge in [0.2, 0.25) is 0 Å². The zero-order valence-electron chi connectivity index (χ0n) is 10.4. The van der Waals surface area contributed by atoms with Gasteiger partial charge in [-0.25, -0.2) is 0 Å². The summed E-state index contributed by atoms with van der Waals surface area (Å²) in [5.74, 6) is 1.28. The maximum absolute atomic E-state index is 9.22. The Morgan fingerprint density at radius 1 is 1.39 bits per heavy atom. The molecule has 1 heterocycles. The monoisotopic (exact) mass is 271 g/mol. The van der Waals surface area contributed by atoms with Crippen LogP contribution in [0.4, 0.5) is 0 Å². The average Bonchev–Trinajstić information content (AvgIpc) is 2.63. The summed E-state index contributed by atoms with van der Waals surface area (Å²) in [6.45, 7) is 3.10. The van der Waals surface area contributed by atoms with E-state index < -0.39 is 6.04 Å². The number of ether oxygens (including phenoxy) is 2. The van der Waals surface area contributed by atoms with E-state index in [0.29, 0.717) is 29.7 Å². The van der Waals surface area contributed by atoms with Crippen molar-refractivity contribution in [3.8, 4) is 11.5 Å². The van der Waals surface area contributed by atoms with Gasteiger partial charge >= 0.3 is 0 Å². The number of benzene rings is 1. The van der Waals surface area contributed by atoms with Crippen molar-refractivity contribution in [2.24, 2.45) is 5.73 Å². The van der Waals surface area contributed by atoms with Crippen LogP contribution in [0.2, 0.25) is 5.02 Å². The van der Waals surface area contributed by atoms with E-state index >= 15 is 0 Å². The second-order valence-corrected chi connectivity index (χ2v) is 4.68. The van der Waals surface area contributed by atoms with Gasteiger partial charge in [-0.15, -0.1) is 0 Å². The van der Waals surface area contributed by atoms with Crippen LogP contribution in [-0.2, 0) is 6.42 Å². The Balaban J connectivity index is 2.57. The fourth-order valence-corrected chi connectivity index (χ4v) is 2.41. The number of halogens is 1. The Morgan fingerprint density at radius 3 is 2.67 bits per heavy atom. The first-order valence-corrected chi connectivity index (χ1v) is 6.54. The third-order valence-corrected chi connectivity index (χ3v) is 3.34. The first kappa shape index (κ1) is 13.5. The molecule has 0 spiro atoms. The second kappa shape index (κ2) is 5.78. The Hall–Kier alpha value is -0.970. The fraction of sp³-hybridized carbons (Fsp3) is 0.538. The SMILES string of the molecule is CCc1c(C(N)CO)cc(Cl)c2c1OCCCO2. The largest absolute Gasteiger partial charge is 0.489 e. The molecule has 0 amide bonds. The molecule has 18 heavy (non-hydrogen) atoms. The number of nitrogens with two attached hydrogens (primary N) is 1. The van der Waals surface area contributed by atoms with Crippen LogP contribution in [-0.4, -0.2) is 24.9 Å². The second-order valence-electron chi connectivity index (χ2n) is 4.28. The summed E-state index contributed by atoms with van der Waals surface area (Å²) in [4.78, 5) is 0. The van der Waals surface area contributed by atoms with Gasteiger partial charge in [-0.1, -0.05) is 18.5 Å². The number of hydrogen-bond donors (Lipinski definition) is 2. The maximum Gasteiger partial charge on any atom is 0.180 e. The van der Waals surface area contributed by atoms with Crippen molar-refractivity contribution in [1.82, 2.24) is 0 Å². The average molecular weight is 272 g/mol. The van der Waals surface area contributed by atoms with Crippen molar-refractivity contribution < 1.29 is 14.6 Å². The highest BCUT2D eigenvalue weighted by Gasteiger charge is 2.23. The van der Waals surface area contributed by atoms with Crippen LogP contribution in [0.5, 0.6) is 11.5 Å². The molecule has 1 aliphatic heterocycles. The molecule has 100 valence electrons. The topological polar surface area (TPSA) is 64.7 Å². The molecule has 1 aliphatic rings. The van der Waals surface area contributed by atoms with Gasteiger partial charge in [0.15, 0.2) is 11.5 Å². The number of hydrogen-bond acceptors (Lipinski definition) is 4. The van der Waals surface area contributed by atoms with Gasteiger partial charge < -0.3 is 20.3 Å². The minimum atomic E-state index is -0.449. The molecule has 0 aliphatic carbocycles. The van der Waals surface area contributed by atoms with Gasteiger partial charge in [-0.3, -0.25) is 0 Å². The summed E-state index contributed by atoms with van der Waals surface area (Å²) in [6, 6.07) is 1.32.